The highest BCUT2D eigenvalue weighted by atomic mass is 35.5. The average molecular weight is 311 g/mol. The zero-order valence-corrected chi connectivity index (χ0v) is 12.2. The second kappa shape index (κ2) is 5.29. The number of rotatable bonds is 2. The van der Waals surface area contributed by atoms with Gasteiger partial charge in [0.1, 0.15) is 0 Å². The van der Waals surface area contributed by atoms with Crippen LogP contribution in [0.4, 0.5) is 11.4 Å². The summed E-state index contributed by atoms with van der Waals surface area (Å²) in [6.07, 6.45) is -0.276. The monoisotopic (exact) mass is 310 g/mol. The maximum atomic E-state index is 11.7. The van der Waals surface area contributed by atoms with E-state index in [0.717, 1.165) is 5.69 Å². The minimum Gasteiger partial charge on any atom is -0.394 e. The molecule has 0 spiro atoms. The summed E-state index contributed by atoms with van der Waals surface area (Å²) in [7, 11) is 0. The van der Waals surface area contributed by atoms with Crippen molar-refractivity contribution in [3.8, 4) is 0 Å². The lowest BCUT2D eigenvalue weighted by Gasteiger charge is -2.39. The Hall–Kier alpha value is -1.63. The third-order valence-electron chi connectivity index (χ3n) is 3.80. The Morgan fingerprint density at radius 3 is 2.95 bits per heavy atom. The molecule has 2 unspecified atom stereocenters. The summed E-state index contributed by atoms with van der Waals surface area (Å²) in [6, 6.07) is 3.30. The van der Waals surface area contributed by atoms with Gasteiger partial charge in [0.05, 0.1) is 41.3 Å². The van der Waals surface area contributed by atoms with Crippen LogP contribution < -0.4 is 10.2 Å². The first-order valence-electron chi connectivity index (χ1n) is 6.69. The van der Waals surface area contributed by atoms with Crippen LogP contribution in [0.1, 0.15) is 17.3 Å². The summed E-state index contributed by atoms with van der Waals surface area (Å²) in [4.78, 5) is 25.1. The van der Waals surface area contributed by atoms with Crippen molar-refractivity contribution in [3.05, 3.63) is 22.7 Å². The SMILES string of the molecule is CC1COC(CO)CN1c1cc2c(cc1Cl)C(=O)C(=O)N2. The number of anilines is 2. The van der Waals surface area contributed by atoms with Crippen molar-refractivity contribution in [2.45, 2.75) is 19.1 Å². The summed E-state index contributed by atoms with van der Waals surface area (Å²) in [5, 5.41) is 12.2. The molecule has 2 heterocycles. The van der Waals surface area contributed by atoms with E-state index in [2.05, 4.69) is 5.32 Å². The predicted molar refractivity (Wildman–Crippen MR) is 78.0 cm³/mol. The predicted octanol–water partition coefficient (Wildman–Crippen LogP) is 1.06. The molecule has 6 nitrogen and oxygen atoms in total. The molecule has 0 aromatic heterocycles. The molecule has 2 N–H and O–H groups in total. The number of halogens is 1. The lowest BCUT2D eigenvalue weighted by Crippen LogP contribution is -2.49. The highest BCUT2D eigenvalue weighted by Crippen LogP contribution is 2.36. The van der Waals surface area contributed by atoms with Crippen molar-refractivity contribution in [2.24, 2.45) is 0 Å². The van der Waals surface area contributed by atoms with Crippen molar-refractivity contribution in [1.29, 1.82) is 0 Å². The van der Waals surface area contributed by atoms with Crippen LogP contribution in [0.15, 0.2) is 12.1 Å². The van der Waals surface area contributed by atoms with E-state index in [1.54, 1.807) is 6.07 Å². The van der Waals surface area contributed by atoms with E-state index in [4.69, 9.17) is 16.3 Å². The average Bonchev–Trinajstić information content (AvgIpc) is 2.74. The van der Waals surface area contributed by atoms with E-state index >= 15 is 0 Å². The molecule has 112 valence electrons. The molecule has 1 aromatic carbocycles. The molecule has 0 bridgehead atoms. The number of ether oxygens (including phenoxy) is 1. The number of hydrogen-bond acceptors (Lipinski definition) is 5. The third-order valence-corrected chi connectivity index (χ3v) is 4.11. The number of ketones is 1. The number of amides is 1. The van der Waals surface area contributed by atoms with Crippen LogP contribution in [0.2, 0.25) is 5.02 Å². The summed E-state index contributed by atoms with van der Waals surface area (Å²) in [5.74, 6) is -1.21. The molecule has 7 heteroatoms. The quantitative estimate of drug-likeness (QED) is 0.799. The van der Waals surface area contributed by atoms with Gasteiger partial charge < -0.3 is 20.1 Å². The number of aliphatic hydroxyl groups is 1. The first-order valence-corrected chi connectivity index (χ1v) is 7.07. The highest BCUT2D eigenvalue weighted by molar-refractivity contribution is 6.52. The molecule has 2 aliphatic heterocycles. The van der Waals surface area contributed by atoms with Crippen LogP contribution in [0, 0.1) is 0 Å². The normalized spacial score (nSPS) is 25.0. The topological polar surface area (TPSA) is 78.9 Å². The third kappa shape index (κ3) is 2.39. The Balaban J connectivity index is 1.98. The van der Waals surface area contributed by atoms with Crippen molar-refractivity contribution in [1.82, 2.24) is 0 Å². The van der Waals surface area contributed by atoms with Gasteiger partial charge in [-0.15, -0.1) is 0 Å². The van der Waals surface area contributed by atoms with Gasteiger partial charge in [-0.05, 0) is 19.1 Å². The largest absolute Gasteiger partial charge is 0.394 e. The molecule has 3 rings (SSSR count). The molecule has 1 fully saturated rings. The van der Waals surface area contributed by atoms with Crippen LogP contribution in [-0.2, 0) is 9.53 Å². The van der Waals surface area contributed by atoms with E-state index in [-0.39, 0.29) is 18.8 Å². The molecule has 1 saturated heterocycles. The maximum absolute atomic E-state index is 11.7. The molecule has 2 atom stereocenters. The Morgan fingerprint density at radius 1 is 1.48 bits per heavy atom. The molecule has 0 saturated carbocycles. The number of carbonyl (C=O) groups is 2. The fraction of sp³-hybridized carbons (Fsp3) is 0.429. The van der Waals surface area contributed by atoms with Crippen molar-refractivity contribution < 1.29 is 19.4 Å². The van der Waals surface area contributed by atoms with Gasteiger partial charge in [0.15, 0.2) is 0 Å². The van der Waals surface area contributed by atoms with E-state index < -0.39 is 11.7 Å². The van der Waals surface area contributed by atoms with Gasteiger partial charge in [-0.25, -0.2) is 0 Å². The number of morpholine rings is 1. The van der Waals surface area contributed by atoms with E-state index in [1.807, 2.05) is 11.8 Å². The second-order valence-corrected chi connectivity index (χ2v) is 5.68. The number of hydrogen-bond donors (Lipinski definition) is 2. The highest BCUT2D eigenvalue weighted by Gasteiger charge is 2.32. The van der Waals surface area contributed by atoms with Gasteiger partial charge in [0, 0.05) is 12.6 Å². The summed E-state index contributed by atoms with van der Waals surface area (Å²) < 4.78 is 5.50. The maximum Gasteiger partial charge on any atom is 0.296 e. The minimum absolute atomic E-state index is 0.0685. The van der Waals surface area contributed by atoms with Gasteiger partial charge in [-0.3, -0.25) is 9.59 Å². The minimum atomic E-state index is -0.638. The summed E-state index contributed by atoms with van der Waals surface area (Å²) in [5.41, 5.74) is 1.50. The van der Waals surface area contributed by atoms with Crippen LogP contribution in [0.3, 0.4) is 0 Å². The zero-order chi connectivity index (χ0) is 15.1. The molecular formula is C14H15ClN2O4. The zero-order valence-electron chi connectivity index (χ0n) is 11.4. The Kier molecular flexibility index (Phi) is 3.61. The number of nitrogens with zero attached hydrogens (tertiary/aromatic N) is 1. The molecular weight excluding hydrogens is 296 g/mol. The van der Waals surface area contributed by atoms with E-state index in [9.17, 15) is 14.7 Å². The summed E-state index contributed by atoms with van der Waals surface area (Å²) >= 11 is 6.27. The number of fused-ring (bicyclic) bond motifs is 1. The molecule has 21 heavy (non-hydrogen) atoms. The van der Waals surface area contributed by atoms with Crippen LogP contribution in [0.5, 0.6) is 0 Å². The van der Waals surface area contributed by atoms with Crippen molar-refractivity contribution >= 4 is 34.7 Å². The molecule has 1 amide bonds. The number of nitrogens with one attached hydrogen (secondary N) is 1. The first-order chi connectivity index (χ1) is 10.0. The lowest BCUT2D eigenvalue weighted by molar-refractivity contribution is -0.112. The van der Waals surface area contributed by atoms with E-state index in [1.165, 1.54) is 6.07 Å². The molecule has 1 aromatic rings. The van der Waals surface area contributed by atoms with Gasteiger partial charge in [0.25, 0.3) is 11.7 Å². The number of Topliss-reactive ketones (excluding diaryl/α,β-unsaturated/α-hetero) is 1. The van der Waals surface area contributed by atoms with Gasteiger partial charge in [-0.1, -0.05) is 11.6 Å². The molecule has 2 aliphatic rings. The number of aliphatic hydroxyl groups excluding tert-OH is 1. The van der Waals surface area contributed by atoms with Gasteiger partial charge in [-0.2, -0.15) is 0 Å². The van der Waals surface area contributed by atoms with Crippen molar-refractivity contribution in [2.75, 3.05) is 30.0 Å². The fourth-order valence-electron chi connectivity index (χ4n) is 2.64. The fourth-order valence-corrected chi connectivity index (χ4v) is 2.91. The number of carbonyl (C=O) groups excluding carboxylic acids is 2. The van der Waals surface area contributed by atoms with Crippen molar-refractivity contribution in [3.63, 3.8) is 0 Å². The smallest absolute Gasteiger partial charge is 0.296 e. The van der Waals surface area contributed by atoms with Gasteiger partial charge >= 0.3 is 0 Å². The molecule has 0 aliphatic carbocycles. The number of benzene rings is 1. The second-order valence-electron chi connectivity index (χ2n) is 5.27. The van der Waals surface area contributed by atoms with Crippen LogP contribution >= 0.6 is 11.6 Å². The van der Waals surface area contributed by atoms with E-state index in [0.29, 0.717) is 29.4 Å². The standard InChI is InChI=1S/C14H15ClN2O4/c1-7-6-21-8(5-18)4-17(7)12-3-11-9(2-10(12)15)13(19)14(20)16-11/h2-3,7-8,18H,4-6H2,1H3,(H,16,19,20). The van der Waals surface area contributed by atoms with Gasteiger partial charge in [0.2, 0.25) is 0 Å². The summed E-state index contributed by atoms with van der Waals surface area (Å²) in [6.45, 7) is 2.89. The van der Waals surface area contributed by atoms with Crippen LogP contribution in [0.25, 0.3) is 0 Å². The lowest BCUT2D eigenvalue weighted by atomic mass is 10.1. The Morgan fingerprint density at radius 2 is 2.24 bits per heavy atom. The first kappa shape index (κ1) is 14.3. The Bertz CT molecular complexity index is 619. The molecule has 0 radical (unpaired) electrons. The van der Waals surface area contributed by atoms with Crippen LogP contribution in [-0.4, -0.2) is 48.7 Å². The Labute approximate surface area is 126 Å².